The molecule has 2 amide bonds. The Kier molecular flexibility index (Phi) is 5.38. The van der Waals surface area contributed by atoms with E-state index in [0.717, 1.165) is 24.2 Å². The third kappa shape index (κ3) is 4.39. The fraction of sp³-hybridized carbons (Fsp3) is 0.368. The van der Waals surface area contributed by atoms with Crippen LogP contribution in [0.15, 0.2) is 30.3 Å². The molecular formula is C19H22N2O3S. The molecule has 1 atom stereocenters. The van der Waals surface area contributed by atoms with Crippen LogP contribution >= 0.6 is 11.3 Å². The lowest BCUT2D eigenvalue weighted by molar-refractivity contribution is -0.121. The molecule has 1 aromatic carbocycles. The second kappa shape index (κ2) is 7.70. The van der Waals surface area contributed by atoms with Crippen LogP contribution in [0.2, 0.25) is 0 Å². The molecule has 25 heavy (non-hydrogen) atoms. The number of hydrazine groups is 1. The van der Waals surface area contributed by atoms with Crippen molar-refractivity contribution in [2.45, 2.75) is 32.6 Å². The summed E-state index contributed by atoms with van der Waals surface area (Å²) in [5, 5.41) is 0. The van der Waals surface area contributed by atoms with E-state index in [1.165, 1.54) is 28.2 Å². The van der Waals surface area contributed by atoms with E-state index >= 15 is 0 Å². The second-order valence-corrected chi connectivity index (χ2v) is 7.57. The van der Waals surface area contributed by atoms with Crippen molar-refractivity contribution < 1.29 is 14.3 Å². The Labute approximate surface area is 151 Å². The highest BCUT2D eigenvalue weighted by Crippen LogP contribution is 2.32. The molecule has 0 saturated heterocycles. The van der Waals surface area contributed by atoms with Crippen LogP contribution in [0.5, 0.6) is 5.75 Å². The summed E-state index contributed by atoms with van der Waals surface area (Å²) in [6.45, 7) is 2.24. The number of amides is 2. The molecule has 132 valence electrons. The molecule has 2 aromatic rings. The molecular weight excluding hydrogens is 336 g/mol. The van der Waals surface area contributed by atoms with Crippen LogP contribution in [0.25, 0.3) is 0 Å². The average Bonchev–Trinajstić information content (AvgIpc) is 3.03. The molecule has 1 heterocycles. The molecule has 5 nitrogen and oxygen atoms in total. The molecule has 1 aliphatic rings. The number of aryl methyl sites for hydroxylation is 1. The predicted molar refractivity (Wildman–Crippen MR) is 97.8 cm³/mol. The Morgan fingerprint density at radius 3 is 2.72 bits per heavy atom. The van der Waals surface area contributed by atoms with Crippen molar-refractivity contribution in [3.8, 4) is 5.75 Å². The highest BCUT2D eigenvalue weighted by molar-refractivity contribution is 7.14. The largest absolute Gasteiger partial charge is 0.497 e. The number of fused-ring (bicyclic) bond motifs is 1. The minimum absolute atomic E-state index is 0.197. The maximum absolute atomic E-state index is 12.3. The fourth-order valence-electron chi connectivity index (χ4n) is 2.98. The SMILES string of the molecule is COc1ccc(CC(=O)NNC(=O)c2cc3c(s2)CC[C@H](C)C3)cc1. The monoisotopic (exact) mass is 358 g/mol. The minimum atomic E-state index is -0.256. The van der Waals surface area contributed by atoms with Crippen molar-refractivity contribution >= 4 is 23.2 Å². The van der Waals surface area contributed by atoms with Gasteiger partial charge in [-0.15, -0.1) is 11.3 Å². The van der Waals surface area contributed by atoms with Gasteiger partial charge in [0.25, 0.3) is 5.91 Å². The minimum Gasteiger partial charge on any atom is -0.497 e. The number of methoxy groups -OCH3 is 1. The fourth-order valence-corrected chi connectivity index (χ4v) is 4.08. The molecule has 0 aliphatic heterocycles. The van der Waals surface area contributed by atoms with Crippen molar-refractivity contribution in [3.05, 3.63) is 51.2 Å². The van der Waals surface area contributed by atoms with Gasteiger partial charge in [-0.1, -0.05) is 19.1 Å². The van der Waals surface area contributed by atoms with Crippen LogP contribution < -0.4 is 15.6 Å². The number of hydrogen-bond donors (Lipinski definition) is 2. The van der Waals surface area contributed by atoms with Crippen molar-refractivity contribution in [1.82, 2.24) is 10.9 Å². The third-order valence-corrected chi connectivity index (χ3v) is 5.63. The first-order chi connectivity index (χ1) is 12.0. The molecule has 0 spiro atoms. The van der Waals surface area contributed by atoms with Gasteiger partial charge in [-0.3, -0.25) is 20.4 Å². The van der Waals surface area contributed by atoms with E-state index in [9.17, 15) is 9.59 Å². The number of nitrogens with one attached hydrogen (secondary N) is 2. The van der Waals surface area contributed by atoms with E-state index in [0.29, 0.717) is 10.8 Å². The summed E-state index contributed by atoms with van der Waals surface area (Å²) >= 11 is 1.53. The molecule has 1 aromatic heterocycles. The molecule has 2 N–H and O–H groups in total. The third-order valence-electron chi connectivity index (χ3n) is 4.39. The van der Waals surface area contributed by atoms with E-state index in [-0.39, 0.29) is 18.2 Å². The first-order valence-electron chi connectivity index (χ1n) is 8.39. The van der Waals surface area contributed by atoms with Crippen LogP contribution in [0.1, 0.15) is 39.0 Å². The van der Waals surface area contributed by atoms with Gasteiger partial charge >= 0.3 is 0 Å². The molecule has 0 fully saturated rings. The summed E-state index contributed by atoms with van der Waals surface area (Å²) in [5.41, 5.74) is 7.12. The van der Waals surface area contributed by atoms with Crippen LogP contribution in [0.4, 0.5) is 0 Å². The van der Waals surface area contributed by atoms with Gasteiger partial charge in [-0.05, 0) is 54.5 Å². The Balaban J connectivity index is 1.52. The standard InChI is InChI=1S/C19H22N2O3S/c1-12-3-8-16-14(9-12)11-17(25-16)19(23)21-20-18(22)10-13-4-6-15(24-2)7-5-13/h4-7,11-12H,3,8-10H2,1-2H3,(H,20,22)(H,21,23)/t12-/m0/s1. The lowest BCUT2D eigenvalue weighted by atomic mass is 9.90. The summed E-state index contributed by atoms with van der Waals surface area (Å²) in [4.78, 5) is 26.2. The zero-order chi connectivity index (χ0) is 17.8. The topological polar surface area (TPSA) is 67.4 Å². The zero-order valence-electron chi connectivity index (χ0n) is 14.4. The second-order valence-electron chi connectivity index (χ2n) is 6.43. The van der Waals surface area contributed by atoms with Crippen LogP contribution in [0, 0.1) is 5.92 Å². The highest BCUT2D eigenvalue weighted by atomic mass is 32.1. The molecule has 3 rings (SSSR count). The number of thiophene rings is 1. The van der Waals surface area contributed by atoms with Gasteiger partial charge in [0.2, 0.25) is 5.91 Å². The summed E-state index contributed by atoms with van der Waals surface area (Å²) in [7, 11) is 1.60. The van der Waals surface area contributed by atoms with Crippen molar-refractivity contribution in [3.63, 3.8) is 0 Å². The van der Waals surface area contributed by atoms with Crippen LogP contribution in [0.3, 0.4) is 0 Å². The molecule has 0 saturated carbocycles. The molecule has 6 heteroatoms. The molecule has 0 bridgehead atoms. The van der Waals surface area contributed by atoms with Crippen molar-refractivity contribution in [2.75, 3.05) is 7.11 Å². The summed E-state index contributed by atoms with van der Waals surface area (Å²) in [6, 6.07) is 9.22. The van der Waals surface area contributed by atoms with E-state index in [2.05, 4.69) is 17.8 Å². The lowest BCUT2D eigenvalue weighted by Gasteiger charge is -2.16. The zero-order valence-corrected chi connectivity index (χ0v) is 15.2. The van der Waals surface area contributed by atoms with Gasteiger partial charge in [0.1, 0.15) is 5.75 Å². The molecule has 1 aliphatic carbocycles. The van der Waals surface area contributed by atoms with E-state index in [4.69, 9.17) is 4.74 Å². The van der Waals surface area contributed by atoms with Gasteiger partial charge in [0.15, 0.2) is 0 Å². The number of hydrogen-bond acceptors (Lipinski definition) is 4. The Morgan fingerprint density at radius 1 is 1.24 bits per heavy atom. The van der Waals surface area contributed by atoms with E-state index in [1.807, 2.05) is 18.2 Å². The quantitative estimate of drug-likeness (QED) is 0.826. The van der Waals surface area contributed by atoms with Crippen LogP contribution in [-0.2, 0) is 24.1 Å². The summed E-state index contributed by atoms with van der Waals surface area (Å²) < 4.78 is 5.09. The normalized spacial score (nSPS) is 16.0. The Hall–Kier alpha value is -2.34. The number of rotatable bonds is 4. The van der Waals surface area contributed by atoms with Gasteiger partial charge in [-0.2, -0.15) is 0 Å². The number of ether oxygens (including phenoxy) is 1. The number of benzene rings is 1. The summed E-state index contributed by atoms with van der Waals surface area (Å²) in [5.74, 6) is 0.902. The number of carbonyl (C=O) groups excluding carboxylic acids is 2. The first kappa shape index (κ1) is 17.5. The van der Waals surface area contributed by atoms with E-state index < -0.39 is 0 Å². The lowest BCUT2D eigenvalue weighted by Crippen LogP contribution is -2.42. The number of carbonyl (C=O) groups is 2. The van der Waals surface area contributed by atoms with Crippen molar-refractivity contribution in [2.24, 2.45) is 5.92 Å². The predicted octanol–water partition coefficient (Wildman–Crippen LogP) is 2.89. The summed E-state index contributed by atoms with van der Waals surface area (Å²) in [6.07, 6.45) is 3.44. The maximum Gasteiger partial charge on any atom is 0.279 e. The van der Waals surface area contributed by atoms with E-state index in [1.54, 1.807) is 19.2 Å². The highest BCUT2D eigenvalue weighted by Gasteiger charge is 2.20. The van der Waals surface area contributed by atoms with Gasteiger partial charge in [0, 0.05) is 4.88 Å². The van der Waals surface area contributed by atoms with Crippen molar-refractivity contribution in [1.29, 1.82) is 0 Å². The Morgan fingerprint density at radius 2 is 2.00 bits per heavy atom. The van der Waals surface area contributed by atoms with Gasteiger partial charge in [0.05, 0.1) is 18.4 Å². The first-order valence-corrected chi connectivity index (χ1v) is 9.20. The van der Waals surface area contributed by atoms with Crippen LogP contribution in [-0.4, -0.2) is 18.9 Å². The Bertz CT molecular complexity index is 767. The molecule has 0 unspecified atom stereocenters. The maximum atomic E-state index is 12.3. The molecule has 0 radical (unpaired) electrons. The average molecular weight is 358 g/mol. The van der Waals surface area contributed by atoms with Gasteiger partial charge < -0.3 is 4.74 Å². The smallest absolute Gasteiger partial charge is 0.279 e. The van der Waals surface area contributed by atoms with Gasteiger partial charge in [-0.25, -0.2) is 0 Å².